The van der Waals surface area contributed by atoms with Crippen molar-refractivity contribution in [2.75, 3.05) is 26.7 Å². The first-order chi connectivity index (χ1) is 15.0. The van der Waals surface area contributed by atoms with Crippen molar-refractivity contribution >= 4 is 23.5 Å². The molecule has 8 nitrogen and oxygen atoms in total. The second-order valence-electron chi connectivity index (χ2n) is 8.20. The maximum Gasteiger partial charge on any atom is 0.337 e. The highest BCUT2D eigenvalue weighted by atomic mass is 35.5. The Morgan fingerprint density at radius 2 is 2.10 bits per heavy atom. The molecule has 2 atom stereocenters. The van der Waals surface area contributed by atoms with E-state index in [9.17, 15) is 9.59 Å². The predicted octanol–water partition coefficient (Wildman–Crippen LogP) is 3.09. The molecule has 2 aromatic rings. The zero-order valence-electron chi connectivity index (χ0n) is 17.6. The average Bonchev–Trinajstić information content (AvgIpc) is 3.27. The number of nitrogens with one attached hydrogen (secondary N) is 1. The van der Waals surface area contributed by atoms with E-state index in [1.54, 1.807) is 18.2 Å². The molecule has 1 aromatic heterocycles. The lowest BCUT2D eigenvalue weighted by atomic mass is 9.83. The quantitative estimate of drug-likeness (QED) is 0.681. The predicted molar refractivity (Wildman–Crippen MR) is 114 cm³/mol. The summed E-state index contributed by atoms with van der Waals surface area (Å²) in [5.74, 6) is -0.0940. The third kappa shape index (κ3) is 5.07. The number of aromatic nitrogens is 2. The SMILES string of the molecule is COC(=O)c1ccc(Cl)c(Cc2noc(C(=O)NC[C@@H]3CCCN4CCCC[C@@H]34)n2)c1. The lowest BCUT2D eigenvalue weighted by Crippen LogP contribution is -2.51. The number of rotatable bonds is 6. The van der Waals surface area contributed by atoms with Crippen molar-refractivity contribution in [2.24, 2.45) is 5.92 Å². The van der Waals surface area contributed by atoms with Crippen LogP contribution in [0.3, 0.4) is 0 Å². The first kappa shape index (κ1) is 21.8. The number of benzene rings is 1. The van der Waals surface area contributed by atoms with Gasteiger partial charge in [-0.15, -0.1) is 0 Å². The van der Waals surface area contributed by atoms with Gasteiger partial charge in [-0.1, -0.05) is 23.2 Å². The smallest absolute Gasteiger partial charge is 0.337 e. The summed E-state index contributed by atoms with van der Waals surface area (Å²) in [5.41, 5.74) is 1.03. The molecule has 1 N–H and O–H groups in total. The molecular weight excluding hydrogens is 420 g/mol. The van der Waals surface area contributed by atoms with E-state index in [2.05, 4.69) is 20.4 Å². The van der Waals surface area contributed by atoms with Crippen molar-refractivity contribution in [2.45, 2.75) is 44.6 Å². The number of methoxy groups -OCH3 is 1. The standard InChI is InChI=1S/C22H27ClN4O4/c1-30-22(29)14-7-8-17(23)16(11-14)12-19-25-21(31-26-19)20(28)24-13-15-5-4-10-27-9-3-2-6-18(15)27/h7-8,11,15,18H,2-6,9-10,12-13H2,1H3,(H,24,28)/t15-,18-/m0/s1. The van der Waals surface area contributed by atoms with Crippen LogP contribution in [-0.2, 0) is 11.2 Å². The molecular formula is C22H27ClN4O4. The molecule has 166 valence electrons. The van der Waals surface area contributed by atoms with E-state index in [0.717, 1.165) is 6.42 Å². The Morgan fingerprint density at radius 1 is 1.26 bits per heavy atom. The highest BCUT2D eigenvalue weighted by Gasteiger charge is 2.33. The maximum atomic E-state index is 12.6. The van der Waals surface area contributed by atoms with Gasteiger partial charge in [-0.2, -0.15) is 4.98 Å². The summed E-state index contributed by atoms with van der Waals surface area (Å²) in [4.78, 5) is 31.1. The molecule has 2 aliphatic rings. The Bertz CT molecular complexity index is 945. The Labute approximate surface area is 186 Å². The van der Waals surface area contributed by atoms with Crippen LogP contribution in [0, 0.1) is 5.92 Å². The highest BCUT2D eigenvalue weighted by Crippen LogP contribution is 2.30. The number of ether oxygens (including phenoxy) is 1. The molecule has 0 radical (unpaired) electrons. The van der Waals surface area contributed by atoms with Gasteiger partial charge in [-0.3, -0.25) is 4.79 Å². The van der Waals surface area contributed by atoms with Gasteiger partial charge in [0.05, 0.1) is 12.7 Å². The van der Waals surface area contributed by atoms with E-state index in [1.807, 2.05) is 0 Å². The van der Waals surface area contributed by atoms with Crippen molar-refractivity contribution in [1.82, 2.24) is 20.4 Å². The van der Waals surface area contributed by atoms with Crippen LogP contribution in [0.15, 0.2) is 22.7 Å². The minimum atomic E-state index is -0.453. The number of halogens is 1. The summed E-state index contributed by atoms with van der Waals surface area (Å²) in [7, 11) is 1.32. The van der Waals surface area contributed by atoms with Crippen molar-refractivity contribution in [3.8, 4) is 0 Å². The molecule has 0 unspecified atom stereocenters. The molecule has 1 aromatic carbocycles. The van der Waals surface area contributed by atoms with E-state index < -0.39 is 5.97 Å². The van der Waals surface area contributed by atoms with E-state index in [-0.39, 0.29) is 18.2 Å². The van der Waals surface area contributed by atoms with E-state index in [1.165, 1.54) is 45.9 Å². The third-order valence-corrected chi connectivity index (χ3v) is 6.60. The number of esters is 1. The largest absolute Gasteiger partial charge is 0.465 e. The van der Waals surface area contributed by atoms with Gasteiger partial charge >= 0.3 is 17.8 Å². The number of carbonyl (C=O) groups excluding carboxylic acids is 2. The van der Waals surface area contributed by atoms with Crippen molar-refractivity contribution in [3.05, 3.63) is 46.1 Å². The topological polar surface area (TPSA) is 97.6 Å². The molecule has 31 heavy (non-hydrogen) atoms. The zero-order chi connectivity index (χ0) is 21.8. The molecule has 2 aliphatic heterocycles. The van der Waals surface area contributed by atoms with Crippen LogP contribution in [0.4, 0.5) is 0 Å². The summed E-state index contributed by atoms with van der Waals surface area (Å²) in [6.45, 7) is 2.95. The number of fused-ring (bicyclic) bond motifs is 1. The number of nitrogens with zero attached hydrogens (tertiary/aromatic N) is 3. The summed E-state index contributed by atoms with van der Waals surface area (Å²) in [6, 6.07) is 5.40. The molecule has 0 aliphatic carbocycles. The van der Waals surface area contributed by atoms with Crippen LogP contribution >= 0.6 is 11.6 Å². The second-order valence-corrected chi connectivity index (χ2v) is 8.61. The molecule has 0 spiro atoms. The van der Waals surface area contributed by atoms with Gasteiger partial charge in [-0.25, -0.2) is 4.79 Å². The second kappa shape index (κ2) is 9.78. The third-order valence-electron chi connectivity index (χ3n) is 6.23. The number of piperidine rings is 2. The minimum Gasteiger partial charge on any atom is -0.465 e. The fourth-order valence-electron chi connectivity index (χ4n) is 4.66. The molecule has 0 bridgehead atoms. The molecule has 9 heteroatoms. The first-order valence-corrected chi connectivity index (χ1v) is 11.1. The zero-order valence-corrected chi connectivity index (χ0v) is 18.4. The normalized spacial score (nSPS) is 21.4. The molecule has 4 rings (SSSR count). The van der Waals surface area contributed by atoms with Crippen molar-refractivity contribution < 1.29 is 18.8 Å². The molecule has 2 fully saturated rings. The summed E-state index contributed by atoms with van der Waals surface area (Å²) in [6.07, 6.45) is 6.28. The Balaban J connectivity index is 1.36. The minimum absolute atomic E-state index is 0.0634. The Hall–Kier alpha value is -2.45. The molecule has 2 saturated heterocycles. The van der Waals surface area contributed by atoms with E-state index in [4.69, 9.17) is 20.9 Å². The van der Waals surface area contributed by atoms with Crippen LogP contribution in [0.2, 0.25) is 5.02 Å². The number of carbonyl (C=O) groups is 2. The van der Waals surface area contributed by atoms with Crippen LogP contribution in [0.5, 0.6) is 0 Å². The summed E-state index contributed by atoms with van der Waals surface area (Å²) >= 11 is 6.23. The van der Waals surface area contributed by atoms with Gasteiger partial charge in [0.1, 0.15) is 0 Å². The first-order valence-electron chi connectivity index (χ1n) is 10.8. The maximum absolute atomic E-state index is 12.6. The van der Waals surface area contributed by atoms with Crippen molar-refractivity contribution in [3.63, 3.8) is 0 Å². The fraction of sp³-hybridized carbons (Fsp3) is 0.545. The van der Waals surface area contributed by atoms with Gasteiger partial charge < -0.3 is 19.5 Å². The number of hydrogen-bond acceptors (Lipinski definition) is 7. The van der Waals surface area contributed by atoms with Crippen LogP contribution in [0.1, 0.15) is 64.5 Å². The summed E-state index contributed by atoms with van der Waals surface area (Å²) < 4.78 is 9.90. The average molecular weight is 447 g/mol. The number of amides is 1. The molecule has 3 heterocycles. The Morgan fingerprint density at radius 3 is 2.94 bits per heavy atom. The molecule has 1 amide bonds. The lowest BCUT2D eigenvalue weighted by molar-refractivity contribution is 0.0569. The molecule has 0 saturated carbocycles. The van der Waals surface area contributed by atoms with Crippen molar-refractivity contribution in [1.29, 1.82) is 0 Å². The van der Waals surface area contributed by atoms with E-state index >= 15 is 0 Å². The van der Waals surface area contributed by atoms with E-state index in [0.29, 0.717) is 40.5 Å². The fourth-order valence-corrected chi connectivity index (χ4v) is 4.84. The van der Waals surface area contributed by atoms with Gasteiger partial charge in [-0.05, 0) is 68.5 Å². The Kier molecular flexibility index (Phi) is 6.87. The van der Waals surface area contributed by atoms with Gasteiger partial charge in [0.15, 0.2) is 5.82 Å². The van der Waals surface area contributed by atoms with Gasteiger partial charge in [0.2, 0.25) is 0 Å². The lowest BCUT2D eigenvalue weighted by Gasteiger charge is -2.44. The van der Waals surface area contributed by atoms with Gasteiger partial charge in [0, 0.05) is 24.0 Å². The summed E-state index contributed by atoms with van der Waals surface area (Å²) in [5, 5.41) is 7.34. The monoisotopic (exact) mass is 446 g/mol. The van der Waals surface area contributed by atoms with Crippen LogP contribution < -0.4 is 5.32 Å². The highest BCUT2D eigenvalue weighted by molar-refractivity contribution is 6.31. The van der Waals surface area contributed by atoms with Crippen LogP contribution in [0.25, 0.3) is 0 Å². The van der Waals surface area contributed by atoms with Gasteiger partial charge in [0.25, 0.3) is 0 Å². The number of hydrogen-bond donors (Lipinski definition) is 1. The van der Waals surface area contributed by atoms with Crippen LogP contribution in [-0.4, -0.2) is 59.7 Å².